The number of benzene rings is 2. The van der Waals surface area contributed by atoms with Gasteiger partial charge in [-0.2, -0.15) is 0 Å². The van der Waals surface area contributed by atoms with Gasteiger partial charge in [-0.05, 0) is 36.5 Å². The summed E-state index contributed by atoms with van der Waals surface area (Å²) < 4.78 is 55.4. The maximum absolute atomic E-state index is 14.3. The number of amides is 3. The molecule has 1 aliphatic rings. The third-order valence-electron chi connectivity index (χ3n) is 8.02. The minimum atomic E-state index is -3.00. The number of nitrogens with zero attached hydrogens (tertiary/aromatic N) is 1. The van der Waals surface area contributed by atoms with Crippen molar-refractivity contribution < 1.29 is 47.0 Å². The topological polar surface area (TPSA) is 136 Å². The van der Waals surface area contributed by atoms with Crippen molar-refractivity contribution in [2.75, 3.05) is 13.1 Å². The van der Waals surface area contributed by atoms with Crippen molar-refractivity contribution in [1.29, 1.82) is 0 Å². The van der Waals surface area contributed by atoms with Crippen LogP contribution in [0, 0.1) is 17.6 Å². The average Bonchev–Trinajstić information content (AvgIpc) is 3.44. The zero-order chi connectivity index (χ0) is 32.6. The molecule has 0 spiro atoms. The molecule has 3 rings (SSSR count). The molecule has 240 valence electrons. The normalized spacial score (nSPS) is 17.9. The number of likely N-dealkylation sites (tertiary alicyclic amines) is 1. The highest BCUT2D eigenvalue weighted by molar-refractivity contribution is 5.93. The highest BCUT2D eigenvalue weighted by atomic mass is 19.3. The monoisotopic (exact) mass is 623 g/mol. The third kappa shape index (κ3) is 8.55. The van der Waals surface area contributed by atoms with Crippen LogP contribution >= 0.6 is 0 Å². The van der Waals surface area contributed by atoms with Crippen molar-refractivity contribution in [3.8, 4) is 0 Å². The summed E-state index contributed by atoms with van der Waals surface area (Å²) in [6, 6.07) is 7.44. The van der Waals surface area contributed by atoms with E-state index in [1.54, 1.807) is 12.1 Å². The highest BCUT2D eigenvalue weighted by Gasteiger charge is 2.43. The lowest BCUT2D eigenvalue weighted by atomic mass is 9.95. The second-order valence-corrected chi connectivity index (χ2v) is 10.8. The number of carbonyl (C=O) groups is 4. The van der Waals surface area contributed by atoms with E-state index in [0.717, 1.165) is 5.56 Å². The SMILES string of the molecule is CCC(CC)C(O)C(=O)N1C[C@H](c2ccccc2)CC1C(=O)N[C@@H](CC(F)F)C(=O)NCCc1c(F)cc(C(=O)O)cc1F. The molecule has 2 unspecified atom stereocenters. The van der Waals surface area contributed by atoms with E-state index in [-0.39, 0.29) is 24.8 Å². The fourth-order valence-corrected chi connectivity index (χ4v) is 5.48. The Kier molecular flexibility index (Phi) is 12.3. The number of aliphatic hydroxyl groups is 1. The van der Waals surface area contributed by atoms with Crippen LogP contribution in [0.15, 0.2) is 42.5 Å². The van der Waals surface area contributed by atoms with Gasteiger partial charge in [0.2, 0.25) is 18.2 Å². The van der Waals surface area contributed by atoms with Gasteiger partial charge in [-0.3, -0.25) is 14.4 Å². The van der Waals surface area contributed by atoms with Crippen LogP contribution in [-0.4, -0.2) is 76.5 Å². The van der Waals surface area contributed by atoms with Crippen molar-refractivity contribution >= 4 is 23.7 Å². The number of aliphatic hydroxyl groups excluding tert-OH is 1. The molecule has 0 aromatic heterocycles. The first-order valence-corrected chi connectivity index (χ1v) is 14.5. The molecule has 0 aliphatic carbocycles. The van der Waals surface area contributed by atoms with Gasteiger partial charge < -0.3 is 25.7 Å². The van der Waals surface area contributed by atoms with E-state index in [9.17, 15) is 41.8 Å². The number of carboxylic acid groups (broad SMARTS) is 1. The van der Waals surface area contributed by atoms with Crippen LogP contribution in [0.3, 0.4) is 0 Å². The molecule has 1 heterocycles. The van der Waals surface area contributed by atoms with Crippen LogP contribution in [0.25, 0.3) is 0 Å². The summed E-state index contributed by atoms with van der Waals surface area (Å²) in [5.41, 5.74) is -0.267. The first kappa shape index (κ1) is 34.5. The highest BCUT2D eigenvalue weighted by Crippen LogP contribution is 2.33. The smallest absolute Gasteiger partial charge is 0.335 e. The number of hydrogen-bond acceptors (Lipinski definition) is 5. The molecule has 0 saturated carbocycles. The fraction of sp³-hybridized carbons (Fsp3) is 0.484. The number of alkyl halides is 2. The van der Waals surface area contributed by atoms with Crippen molar-refractivity contribution in [2.24, 2.45) is 5.92 Å². The number of nitrogens with one attached hydrogen (secondary N) is 2. The van der Waals surface area contributed by atoms with Gasteiger partial charge in [0.15, 0.2) is 0 Å². The second-order valence-electron chi connectivity index (χ2n) is 10.8. The van der Waals surface area contributed by atoms with Gasteiger partial charge in [0.05, 0.1) is 5.56 Å². The predicted molar refractivity (Wildman–Crippen MR) is 152 cm³/mol. The minimum absolute atomic E-state index is 0.0989. The first-order valence-electron chi connectivity index (χ1n) is 14.5. The molecule has 44 heavy (non-hydrogen) atoms. The van der Waals surface area contributed by atoms with Crippen LogP contribution in [0.4, 0.5) is 17.6 Å². The lowest BCUT2D eigenvalue weighted by Gasteiger charge is -2.30. The zero-order valence-corrected chi connectivity index (χ0v) is 24.4. The van der Waals surface area contributed by atoms with E-state index in [2.05, 4.69) is 10.6 Å². The van der Waals surface area contributed by atoms with Gasteiger partial charge in [-0.1, -0.05) is 57.0 Å². The second kappa shape index (κ2) is 15.6. The summed E-state index contributed by atoms with van der Waals surface area (Å²) >= 11 is 0. The molecule has 13 heteroatoms. The quantitative estimate of drug-likeness (QED) is 0.237. The number of hydrogen-bond donors (Lipinski definition) is 4. The van der Waals surface area contributed by atoms with Gasteiger partial charge in [0, 0.05) is 31.0 Å². The molecule has 4 N–H and O–H groups in total. The number of carbonyl (C=O) groups excluding carboxylic acids is 3. The summed E-state index contributed by atoms with van der Waals surface area (Å²) in [7, 11) is 0. The number of aromatic carboxylic acids is 1. The molecule has 0 radical (unpaired) electrons. The molecule has 1 saturated heterocycles. The van der Waals surface area contributed by atoms with Crippen LogP contribution in [0.2, 0.25) is 0 Å². The van der Waals surface area contributed by atoms with Gasteiger partial charge in [0.25, 0.3) is 5.91 Å². The molecule has 1 fully saturated rings. The van der Waals surface area contributed by atoms with Crippen LogP contribution < -0.4 is 10.6 Å². The largest absolute Gasteiger partial charge is 0.478 e. The van der Waals surface area contributed by atoms with E-state index >= 15 is 0 Å². The molecule has 4 atom stereocenters. The van der Waals surface area contributed by atoms with Gasteiger partial charge in [-0.15, -0.1) is 0 Å². The summed E-state index contributed by atoms with van der Waals surface area (Å²) in [5, 5.41) is 24.3. The Labute approximate surface area is 252 Å². The summed E-state index contributed by atoms with van der Waals surface area (Å²) in [6.45, 7) is 3.35. The standard InChI is InChI=1S/C31H37F4N3O6/c1-3-17(4-2)27(39)30(42)38-16-20(18-8-6-5-7-9-18)14-25(38)29(41)37-24(15-26(34)35)28(40)36-11-10-21-22(32)12-19(31(43)44)13-23(21)33/h5-9,12-13,17,20,24-27,39H,3-4,10-11,14-16H2,1-2H3,(H,36,40)(H,37,41)(H,43,44)/t20-,24+,25?,27?/m1/s1. The molecular weight excluding hydrogens is 586 g/mol. The van der Waals surface area contributed by atoms with Gasteiger partial charge in [0.1, 0.15) is 29.8 Å². The minimum Gasteiger partial charge on any atom is -0.478 e. The van der Waals surface area contributed by atoms with Crippen LogP contribution in [-0.2, 0) is 20.8 Å². The Morgan fingerprint density at radius 3 is 2.18 bits per heavy atom. The van der Waals surface area contributed by atoms with Crippen molar-refractivity contribution in [3.63, 3.8) is 0 Å². The van der Waals surface area contributed by atoms with E-state index in [4.69, 9.17) is 5.11 Å². The molecule has 0 bridgehead atoms. The lowest BCUT2D eigenvalue weighted by molar-refractivity contribution is -0.148. The Morgan fingerprint density at radius 1 is 1.02 bits per heavy atom. The fourth-order valence-electron chi connectivity index (χ4n) is 5.48. The summed E-state index contributed by atoms with van der Waals surface area (Å²) in [4.78, 5) is 51.9. The predicted octanol–water partition coefficient (Wildman–Crippen LogP) is 3.64. The number of rotatable bonds is 14. The maximum atomic E-state index is 14.3. The Morgan fingerprint density at radius 2 is 1.64 bits per heavy atom. The molecular formula is C31H37F4N3O6. The average molecular weight is 624 g/mol. The zero-order valence-electron chi connectivity index (χ0n) is 24.4. The molecule has 3 amide bonds. The lowest BCUT2D eigenvalue weighted by Crippen LogP contribution is -2.55. The van der Waals surface area contributed by atoms with Crippen molar-refractivity contribution in [2.45, 2.75) is 76.5 Å². The summed E-state index contributed by atoms with van der Waals surface area (Å²) in [5.74, 6) is -7.02. The van der Waals surface area contributed by atoms with E-state index in [1.807, 2.05) is 32.0 Å². The van der Waals surface area contributed by atoms with Gasteiger partial charge >= 0.3 is 5.97 Å². The van der Waals surface area contributed by atoms with Crippen molar-refractivity contribution in [1.82, 2.24) is 15.5 Å². The number of halogens is 4. The summed E-state index contributed by atoms with van der Waals surface area (Å²) in [6.07, 6.45) is -4.69. The molecule has 9 nitrogen and oxygen atoms in total. The van der Waals surface area contributed by atoms with Crippen LogP contribution in [0.1, 0.15) is 66.9 Å². The molecule has 2 aromatic rings. The maximum Gasteiger partial charge on any atom is 0.335 e. The number of carboxylic acids is 1. The van der Waals surface area contributed by atoms with Crippen LogP contribution in [0.5, 0.6) is 0 Å². The Bertz CT molecular complexity index is 1300. The van der Waals surface area contributed by atoms with E-state index in [1.165, 1.54) is 4.90 Å². The molecule has 2 aromatic carbocycles. The Hall–Kier alpha value is -4.00. The van der Waals surface area contributed by atoms with Gasteiger partial charge in [-0.25, -0.2) is 22.4 Å². The first-order chi connectivity index (χ1) is 20.9. The van der Waals surface area contributed by atoms with Crippen molar-refractivity contribution in [3.05, 3.63) is 70.8 Å². The Balaban J connectivity index is 1.75. The molecule has 1 aliphatic heterocycles. The van der Waals surface area contributed by atoms with E-state index in [0.29, 0.717) is 25.0 Å². The third-order valence-corrected chi connectivity index (χ3v) is 8.02. The van der Waals surface area contributed by atoms with E-state index < -0.39 is 90.5 Å².